The van der Waals surface area contributed by atoms with Crippen LogP contribution in [0.25, 0.3) is 16.7 Å². The standard InChI is InChI=1S/C26H28F2N6O4/c27-26(28)11-17(12-26)22(35)31-18-2-1-3-19(10-18)34-21-20(13-30-34)24(37)33(15-29-21)14-25(38)6-8-32(9-7-25)23(36)16-4-5-16/h1-3,10,13,15-17,38H,4-9,11-12,14H2,(H,31,35). The number of aliphatic hydroxyl groups is 1. The quantitative estimate of drug-likeness (QED) is 0.509. The molecule has 2 amide bonds. The average molecular weight is 527 g/mol. The molecule has 3 fully saturated rings. The zero-order valence-electron chi connectivity index (χ0n) is 20.6. The summed E-state index contributed by atoms with van der Waals surface area (Å²) in [5.41, 5.74) is -0.195. The molecule has 3 heterocycles. The number of rotatable bonds is 6. The van der Waals surface area contributed by atoms with Gasteiger partial charge in [-0.1, -0.05) is 6.07 Å². The van der Waals surface area contributed by atoms with E-state index in [1.807, 2.05) is 0 Å². The Hall–Kier alpha value is -3.67. The normalized spacial score (nSPS) is 20.8. The summed E-state index contributed by atoms with van der Waals surface area (Å²) in [4.78, 5) is 44.0. The van der Waals surface area contributed by atoms with Crippen LogP contribution in [0.15, 0.2) is 41.6 Å². The van der Waals surface area contributed by atoms with Crippen LogP contribution in [-0.4, -0.2) is 65.8 Å². The number of nitrogens with one attached hydrogen (secondary N) is 1. The summed E-state index contributed by atoms with van der Waals surface area (Å²) in [7, 11) is 0. The molecule has 38 heavy (non-hydrogen) atoms. The van der Waals surface area contributed by atoms with E-state index in [9.17, 15) is 28.3 Å². The Morgan fingerprint density at radius 3 is 2.55 bits per heavy atom. The first-order chi connectivity index (χ1) is 18.1. The smallest absolute Gasteiger partial charge is 0.264 e. The lowest BCUT2D eigenvalue weighted by Crippen LogP contribution is -2.50. The van der Waals surface area contributed by atoms with E-state index < -0.39 is 36.2 Å². The maximum Gasteiger partial charge on any atom is 0.264 e. The van der Waals surface area contributed by atoms with E-state index in [0.29, 0.717) is 43.0 Å². The van der Waals surface area contributed by atoms with Crippen LogP contribution in [0.4, 0.5) is 14.5 Å². The number of aromatic nitrogens is 4. The van der Waals surface area contributed by atoms with E-state index in [2.05, 4.69) is 15.4 Å². The molecular weight excluding hydrogens is 498 g/mol. The molecular formula is C26H28F2N6O4. The summed E-state index contributed by atoms with van der Waals surface area (Å²) < 4.78 is 29.1. The zero-order chi connectivity index (χ0) is 26.7. The first-order valence-corrected chi connectivity index (χ1v) is 12.8. The van der Waals surface area contributed by atoms with E-state index in [1.54, 1.807) is 29.2 Å². The minimum Gasteiger partial charge on any atom is -0.388 e. The molecule has 10 nitrogen and oxygen atoms in total. The van der Waals surface area contributed by atoms with Crippen molar-refractivity contribution in [1.82, 2.24) is 24.2 Å². The summed E-state index contributed by atoms with van der Waals surface area (Å²) >= 11 is 0. The summed E-state index contributed by atoms with van der Waals surface area (Å²) in [6, 6.07) is 6.69. The van der Waals surface area contributed by atoms with Crippen molar-refractivity contribution >= 4 is 28.5 Å². The van der Waals surface area contributed by atoms with Gasteiger partial charge in [0.25, 0.3) is 5.56 Å². The molecule has 3 aromatic rings. The van der Waals surface area contributed by atoms with E-state index in [4.69, 9.17) is 0 Å². The fraction of sp³-hybridized carbons (Fsp3) is 0.500. The molecule has 1 aliphatic heterocycles. The van der Waals surface area contributed by atoms with Crippen LogP contribution in [-0.2, 0) is 16.1 Å². The number of amides is 2. The summed E-state index contributed by atoms with van der Waals surface area (Å²) in [5.74, 6) is -3.66. The highest BCUT2D eigenvalue weighted by Gasteiger charge is 2.48. The second kappa shape index (κ2) is 8.97. The molecule has 0 bridgehead atoms. The number of piperidine rings is 1. The molecule has 1 aromatic carbocycles. The van der Waals surface area contributed by atoms with Crippen LogP contribution < -0.4 is 10.9 Å². The maximum atomic E-state index is 13.2. The molecule has 3 aliphatic rings. The van der Waals surface area contributed by atoms with Crippen molar-refractivity contribution in [2.45, 2.75) is 56.6 Å². The summed E-state index contributed by atoms with van der Waals surface area (Å²) in [5, 5.41) is 18.4. The van der Waals surface area contributed by atoms with E-state index in [-0.39, 0.29) is 29.3 Å². The van der Waals surface area contributed by atoms with Crippen molar-refractivity contribution in [3.63, 3.8) is 0 Å². The number of benzene rings is 1. The van der Waals surface area contributed by atoms with Gasteiger partial charge in [-0.3, -0.25) is 19.0 Å². The Balaban J connectivity index is 1.17. The molecule has 200 valence electrons. The van der Waals surface area contributed by atoms with Gasteiger partial charge in [-0.05, 0) is 43.9 Å². The second-order valence-corrected chi connectivity index (χ2v) is 10.8. The first-order valence-electron chi connectivity index (χ1n) is 12.8. The third-order valence-corrected chi connectivity index (χ3v) is 7.77. The van der Waals surface area contributed by atoms with Gasteiger partial charge in [0.1, 0.15) is 11.7 Å². The number of alkyl halides is 2. The van der Waals surface area contributed by atoms with Crippen molar-refractivity contribution in [2.24, 2.45) is 11.8 Å². The van der Waals surface area contributed by atoms with Gasteiger partial charge < -0.3 is 15.3 Å². The Morgan fingerprint density at radius 1 is 1.13 bits per heavy atom. The number of likely N-dealkylation sites (tertiary alicyclic amines) is 1. The molecule has 2 aromatic heterocycles. The predicted molar refractivity (Wildman–Crippen MR) is 133 cm³/mol. The number of fused-ring (bicyclic) bond motifs is 1. The van der Waals surface area contributed by atoms with Crippen molar-refractivity contribution in [2.75, 3.05) is 18.4 Å². The number of carbonyl (C=O) groups is 2. The fourth-order valence-electron chi connectivity index (χ4n) is 5.26. The molecule has 0 atom stereocenters. The SMILES string of the molecule is O=C(Nc1cccc(-n2ncc3c(=O)n(CC4(O)CCN(C(=O)C5CC5)CC4)cnc32)c1)C1CC(F)(F)C1. The Labute approximate surface area is 216 Å². The molecule has 2 saturated carbocycles. The monoisotopic (exact) mass is 526 g/mol. The van der Waals surface area contributed by atoms with Crippen LogP contribution in [0.1, 0.15) is 38.5 Å². The van der Waals surface area contributed by atoms with Crippen molar-refractivity contribution in [1.29, 1.82) is 0 Å². The lowest BCUT2D eigenvalue weighted by molar-refractivity contribution is -0.145. The van der Waals surface area contributed by atoms with Gasteiger partial charge in [-0.15, -0.1) is 0 Å². The van der Waals surface area contributed by atoms with Gasteiger partial charge in [-0.25, -0.2) is 18.4 Å². The lowest BCUT2D eigenvalue weighted by atomic mass is 9.81. The molecule has 12 heteroatoms. The van der Waals surface area contributed by atoms with Gasteiger partial charge in [0.05, 0.1) is 24.0 Å². The van der Waals surface area contributed by atoms with Crippen LogP contribution in [0.2, 0.25) is 0 Å². The zero-order valence-corrected chi connectivity index (χ0v) is 20.6. The largest absolute Gasteiger partial charge is 0.388 e. The van der Waals surface area contributed by atoms with Crippen LogP contribution >= 0.6 is 0 Å². The number of hydrogen-bond acceptors (Lipinski definition) is 6. The molecule has 6 rings (SSSR count). The van der Waals surface area contributed by atoms with Crippen LogP contribution in [0.3, 0.4) is 0 Å². The molecule has 0 spiro atoms. The Morgan fingerprint density at radius 2 is 1.87 bits per heavy atom. The maximum absolute atomic E-state index is 13.2. The molecule has 0 unspecified atom stereocenters. The van der Waals surface area contributed by atoms with Gasteiger partial charge >= 0.3 is 0 Å². The first kappa shape index (κ1) is 24.7. The van der Waals surface area contributed by atoms with Gasteiger partial charge in [0, 0.05) is 43.5 Å². The molecule has 1 saturated heterocycles. The van der Waals surface area contributed by atoms with Gasteiger partial charge in [0.15, 0.2) is 5.65 Å². The van der Waals surface area contributed by atoms with E-state index >= 15 is 0 Å². The number of anilines is 1. The van der Waals surface area contributed by atoms with Crippen LogP contribution in [0, 0.1) is 11.8 Å². The van der Waals surface area contributed by atoms with Crippen LogP contribution in [0.5, 0.6) is 0 Å². The fourth-order valence-corrected chi connectivity index (χ4v) is 5.26. The number of carbonyl (C=O) groups excluding carboxylic acids is 2. The van der Waals surface area contributed by atoms with Crippen molar-refractivity contribution < 1.29 is 23.5 Å². The van der Waals surface area contributed by atoms with E-state index in [0.717, 1.165) is 12.8 Å². The highest BCUT2D eigenvalue weighted by molar-refractivity contribution is 5.93. The van der Waals surface area contributed by atoms with Gasteiger partial charge in [0.2, 0.25) is 17.7 Å². The van der Waals surface area contributed by atoms with Gasteiger partial charge in [-0.2, -0.15) is 5.10 Å². The topological polar surface area (TPSA) is 122 Å². The minimum atomic E-state index is -2.78. The second-order valence-electron chi connectivity index (χ2n) is 10.8. The minimum absolute atomic E-state index is 0.0626. The molecule has 2 aliphatic carbocycles. The number of halogens is 2. The number of nitrogens with zero attached hydrogens (tertiary/aromatic N) is 5. The van der Waals surface area contributed by atoms with Crippen molar-refractivity contribution in [3.8, 4) is 5.69 Å². The highest BCUT2D eigenvalue weighted by Crippen LogP contribution is 2.42. The van der Waals surface area contributed by atoms with E-state index in [1.165, 1.54) is 21.8 Å². The predicted octanol–water partition coefficient (Wildman–Crippen LogP) is 2.33. The molecule has 2 N–H and O–H groups in total. The third-order valence-electron chi connectivity index (χ3n) is 7.77. The highest BCUT2D eigenvalue weighted by atomic mass is 19.3. The Kier molecular flexibility index (Phi) is 5.82. The third kappa shape index (κ3) is 4.68. The Bertz CT molecular complexity index is 1460. The molecule has 0 radical (unpaired) electrons. The lowest BCUT2D eigenvalue weighted by Gasteiger charge is -2.38. The van der Waals surface area contributed by atoms with Crippen molar-refractivity contribution in [3.05, 3.63) is 47.1 Å². The average Bonchev–Trinajstić information content (AvgIpc) is 3.63. The number of hydrogen-bond donors (Lipinski definition) is 2. The summed E-state index contributed by atoms with van der Waals surface area (Å²) in [6.45, 7) is 0.988. The summed E-state index contributed by atoms with van der Waals surface area (Å²) in [6.07, 6.45) is 4.52.